The van der Waals surface area contributed by atoms with Gasteiger partial charge in [-0.2, -0.15) is 0 Å². The topological polar surface area (TPSA) is 76.1 Å². The van der Waals surface area contributed by atoms with Gasteiger partial charge in [-0.25, -0.2) is 0 Å². The van der Waals surface area contributed by atoms with Crippen LogP contribution in [0, 0.1) is 10.5 Å². The molecule has 1 N–H and O–H groups in total. The average molecular weight is 597 g/mol. The van der Waals surface area contributed by atoms with Crippen LogP contribution in [-0.4, -0.2) is 42.0 Å². The third-order valence-corrected chi connectivity index (χ3v) is 6.98. The number of aliphatic hydroxyl groups is 1. The van der Waals surface area contributed by atoms with Gasteiger partial charge in [0.1, 0.15) is 18.1 Å². The first-order valence-electron chi connectivity index (χ1n) is 11.7. The molecule has 186 valence electrons. The number of benzene rings is 3. The number of aryl methyl sites for hydroxylation is 1. The molecule has 3 aromatic carbocycles. The quantitative estimate of drug-likeness (QED) is 0.114. The van der Waals surface area contributed by atoms with E-state index < -0.39 is 17.7 Å². The zero-order valence-electron chi connectivity index (χ0n) is 20.2. The van der Waals surface area contributed by atoms with E-state index in [0.717, 1.165) is 20.3 Å². The summed E-state index contributed by atoms with van der Waals surface area (Å²) in [6.07, 6.45) is 0.581. The summed E-state index contributed by atoms with van der Waals surface area (Å²) < 4.78 is 12.1. The summed E-state index contributed by atoms with van der Waals surface area (Å²) in [6, 6.07) is 21.9. The minimum atomic E-state index is -0.687. The molecule has 1 saturated heterocycles. The number of hydrogen-bond donors (Lipinski definition) is 1. The number of carbonyl (C=O) groups excluding carboxylic acids is 2. The summed E-state index contributed by atoms with van der Waals surface area (Å²) in [5.41, 5.74) is 3.55. The highest BCUT2D eigenvalue weighted by Gasteiger charge is 2.45. The Morgan fingerprint density at radius 2 is 1.69 bits per heavy atom. The lowest BCUT2D eigenvalue weighted by molar-refractivity contribution is -0.140. The van der Waals surface area contributed by atoms with Crippen molar-refractivity contribution in [2.45, 2.75) is 26.0 Å². The van der Waals surface area contributed by atoms with Gasteiger partial charge in [0, 0.05) is 29.4 Å². The lowest BCUT2D eigenvalue weighted by Crippen LogP contribution is -2.31. The van der Waals surface area contributed by atoms with Gasteiger partial charge in [0.05, 0.1) is 11.6 Å². The molecule has 7 heteroatoms. The summed E-state index contributed by atoms with van der Waals surface area (Å²) in [5, 5.41) is 11.2. The molecule has 0 aliphatic carbocycles. The molecule has 3 aromatic rings. The fraction of sp³-hybridized carbons (Fsp3) is 0.241. The summed E-state index contributed by atoms with van der Waals surface area (Å²) in [7, 11) is 1.60. The van der Waals surface area contributed by atoms with Crippen LogP contribution in [0.15, 0.2) is 78.4 Å². The summed E-state index contributed by atoms with van der Waals surface area (Å²) in [5.74, 6) is -0.858. The summed E-state index contributed by atoms with van der Waals surface area (Å²) >= 11 is 2.21. The Labute approximate surface area is 224 Å². The smallest absolute Gasteiger partial charge is 0.295 e. The van der Waals surface area contributed by atoms with Gasteiger partial charge in [-0.15, -0.1) is 0 Å². The summed E-state index contributed by atoms with van der Waals surface area (Å²) in [4.78, 5) is 27.6. The molecule has 1 aliphatic rings. The van der Waals surface area contributed by atoms with Crippen molar-refractivity contribution in [1.29, 1.82) is 0 Å². The van der Waals surface area contributed by atoms with E-state index in [1.54, 1.807) is 31.4 Å². The molecule has 0 radical (unpaired) electrons. The van der Waals surface area contributed by atoms with Crippen molar-refractivity contribution in [3.8, 4) is 5.75 Å². The first-order chi connectivity index (χ1) is 17.4. The molecule has 0 spiro atoms. The van der Waals surface area contributed by atoms with Gasteiger partial charge in [0.2, 0.25) is 0 Å². The van der Waals surface area contributed by atoms with E-state index in [1.165, 1.54) is 4.90 Å². The van der Waals surface area contributed by atoms with Crippen molar-refractivity contribution in [2.24, 2.45) is 0 Å². The molecule has 1 heterocycles. The van der Waals surface area contributed by atoms with Crippen LogP contribution < -0.4 is 4.74 Å². The molecule has 1 unspecified atom stereocenters. The number of carbonyl (C=O) groups is 2. The molecular weight excluding hydrogens is 569 g/mol. The molecule has 0 aromatic heterocycles. The number of likely N-dealkylation sites (tertiary alicyclic amines) is 1. The Kier molecular flexibility index (Phi) is 8.43. The predicted molar refractivity (Wildman–Crippen MR) is 147 cm³/mol. The molecule has 1 fully saturated rings. The fourth-order valence-electron chi connectivity index (χ4n) is 4.28. The molecule has 4 rings (SSSR count). The number of ketones is 1. The van der Waals surface area contributed by atoms with Crippen LogP contribution in [0.1, 0.15) is 34.7 Å². The average Bonchev–Trinajstić information content (AvgIpc) is 3.14. The molecule has 36 heavy (non-hydrogen) atoms. The standard InChI is InChI=1S/C29H28INO5/c1-19-6-3-4-7-22(19)18-36-24-14-10-21(11-15-24)27(32)25-26(20-8-12-23(30)13-9-20)31(16-5-17-35-2)29(34)28(25)33/h3-4,6-15,26,32H,5,16-18H2,1-2H3/b27-25+. The van der Waals surface area contributed by atoms with Crippen molar-refractivity contribution >= 4 is 40.0 Å². The Morgan fingerprint density at radius 3 is 2.36 bits per heavy atom. The molecule has 0 saturated carbocycles. The van der Waals surface area contributed by atoms with E-state index in [4.69, 9.17) is 9.47 Å². The maximum atomic E-state index is 13.1. The minimum Gasteiger partial charge on any atom is -0.507 e. The summed E-state index contributed by atoms with van der Waals surface area (Å²) in [6.45, 7) is 3.27. The Morgan fingerprint density at radius 1 is 1.00 bits per heavy atom. The van der Waals surface area contributed by atoms with E-state index in [2.05, 4.69) is 22.6 Å². The van der Waals surface area contributed by atoms with E-state index in [-0.39, 0.29) is 11.3 Å². The first kappa shape index (κ1) is 25.9. The van der Waals surface area contributed by atoms with Crippen LogP contribution in [-0.2, 0) is 20.9 Å². The van der Waals surface area contributed by atoms with Crippen LogP contribution in [0.25, 0.3) is 5.76 Å². The van der Waals surface area contributed by atoms with Gasteiger partial charge in [-0.1, -0.05) is 36.4 Å². The van der Waals surface area contributed by atoms with Crippen LogP contribution in [0.3, 0.4) is 0 Å². The zero-order chi connectivity index (χ0) is 25.7. The molecule has 0 bridgehead atoms. The first-order valence-corrected chi connectivity index (χ1v) is 12.8. The van der Waals surface area contributed by atoms with Gasteiger partial charge in [-0.05, 0) is 89.0 Å². The fourth-order valence-corrected chi connectivity index (χ4v) is 4.64. The van der Waals surface area contributed by atoms with Gasteiger partial charge in [-0.3, -0.25) is 9.59 Å². The van der Waals surface area contributed by atoms with Gasteiger partial charge in [0.25, 0.3) is 11.7 Å². The lowest BCUT2D eigenvalue weighted by atomic mass is 9.95. The van der Waals surface area contributed by atoms with E-state index in [9.17, 15) is 14.7 Å². The van der Waals surface area contributed by atoms with Crippen LogP contribution in [0.5, 0.6) is 5.75 Å². The SMILES string of the molecule is COCCCN1C(=O)C(=O)/C(=C(/O)c2ccc(OCc3ccccc3C)cc2)C1c1ccc(I)cc1. The second-order valence-corrected chi connectivity index (χ2v) is 9.88. The van der Waals surface area contributed by atoms with Crippen molar-refractivity contribution in [1.82, 2.24) is 4.90 Å². The largest absolute Gasteiger partial charge is 0.507 e. The highest BCUT2D eigenvalue weighted by atomic mass is 127. The Hall–Kier alpha value is -3.17. The lowest BCUT2D eigenvalue weighted by Gasteiger charge is -2.25. The highest BCUT2D eigenvalue weighted by Crippen LogP contribution is 2.39. The molecule has 6 nitrogen and oxygen atoms in total. The molecule has 1 atom stereocenters. The third-order valence-electron chi connectivity index (χ3n) is 6.26. The van der Waals surface area contributed by atoms with Crippen molar-refractivity contribution in [2.75, 3.05) is 20.3 Å². The van der Waals surface area contributed by atoms with Gasteiger partial charge in [0.15, 0.2) is 0 Å². The van der Waals surface area contributed by atoms with E-state index in [1.807, 2.05) is 55.5 Å². The van der Waals surface area contributed by atoms with E-state index in [0.29, 0.717) is 37.5 Å². The predicted octanol–water partition coefficient (Wildman–Crippen LogP) is 5.64. The maximum Gasteiger partial charge on any atom is 0.295 e. The van der Waals surface area contributed by atoms with Crippen LogP contribution in [0.2, 0.25) is 0 Å². The van der Waals surface area contributed by atoms with Crippen molar-refractivity contribution in [3.63, 3.8) is 0 Å². The number of Topliss-reactive ketones (excluding diaryl/α,β-unsaturated/α-hetero) is 1. The zero-order valence-corrected chi connectivity index (χ0v) is 22.4. The number of nitrogens with zero attached hydrogens (tertiary/aromatic N) is 1. The number of halogens is 1. The number of methoxy groups -OCH3 is 1. The van der Waals surface area contributed by atoms with E-state index >= 15 is 0 Å². The number of ether oxygens (including phenoxy) is 2. The van der Waals surface area contributed by atoms with Crippen molar-refractivity contribution in [3.05, 3.63) is 104 Å². The van der Waals surface area contributed by atoms with Crippen LogP contribution >= 0.6 is 22.6 Å². The number of amides is 1. The monoisotopic (exact) mass is 597 g/mol. The molecule has 1 amide bonds. The minimum absolute atomic E-state index is 0.0900. The number of aliphatic hydroxyl groups excluding tert-OH is 1. The Balaban J connectivity index is 1.63. The van der Waals surface area contributed by atoms with Gasteiger partial charge < -0.3 is 19.5 Å². The Bertz CT molecular complexity index is 1270. The molecular formula is C29H28INO5. The third kappa shape index (κ3) is 5.63. The van der Waals surface area contributed by atoms with Crippen LogP contribution in [0.4, 0.5) is 0 Å². The normalized spacial score (nSPS) is 17.0. The molecule has 1 aliphatic heterocycles. The number of hydrogen-bond acceptors (Lipinski definition) is 5. The van der Waals surface area contributed by atoms with Gasteiger partial charge >= 0.3 is 0 Å². The second kappa shape index (κ2) is 11.7. The second-order valence-electron chi connectivity index (χ2n) is 8.63. The maximum absolute atomic E-state index is 13.1. The number of rotatable bonds is 9. The van der Waals surface area contributed by atoms with Crippen molar-refractivity contribution < 1.29 is 24.2 Å². The highest BCUT2D eigenvalue weighted by molar-refractivity contribution is 14.1.